The van der Waals surface area contributed by atoms with E-state index in [0.717, 1.165) is 11.3 Å². The molecular formula is C8H12IN3. The Morgan fingerprint density at radius 3 is 2.17 bits per heavy atom. The Labute approximate surface area is 86.2 Å². The molecule has 1 atom stereocenters. The van der Waals surface area contributed by atoms with Gasteiger partial charge in [-0.2, -0.15) is 0 Å². The first kappa shape index (κ1) is 9.76. The minimum absolute atomic E-state index is 0.0829. The third kappa shape index (κ3) is 2.33. The monoisotopic (exact) mass is 277 g/mol. The number of anilines is 1. The summed E-state index contributed by atoms with van der Waals surface area (Å²) in [5, 5.41) is 0. The molecule has 0 radical (unpaired) electrons. The Morgan fingerprint density at radius 1 is 1.33 bits per heavy atom. The van der Waals surface area contributed by atoms with Crippen LogP contribution >= 0.6 is 22.9 Å². The predicted octanol–water partition coefficient (Wildman–Crippen LogP) is 1.74. The van der Waals surface area contributed by atoms with Crippen LogP contribution in [0.4, 0.5) is 5.69 Å². The number of benzene rings is 1. The minimum atomic E-state index is 0.0829. The Kier molecular flexibility index (Phi) is 3.30. The van der Waals surface area contributed by atoms with Gasteiger partial charge in [0.15, 0.2) is 0 Å². The lowest BCUT2D eigenvalue weighted by Crippen LogP contribution is -2.17. The van der Waals surface area contributed by atoms with E-state index < -0.39 is 0 Å². The molecule has 0 fully saturated rings. The topological polar surface area (TPSA) is 55.3 Å². The van der Waals surface area contributed by atoms with Crippen LogP contribution in [0.25, 0.3) is 0 Å². The molecule has 0 aliphatic heterocycles. The first-order chi connectivity index (χ1) is 5.61. The van der Waals surface area contributed by atoms with Crippen molar-refractivity contribution in [1.29, 1.82) is 0 Å². The van der Waals surface area contributed by atoms with Crippen LogP contribution in [0.2, 0.25) is 0 Å². The van der Waals surface area contributed by atoms with Crippen molar-refractivity contribution in [2.24, 2.45) is 11.6 Å². The quantitative estimate of drug-likeness (QED) is 0.374. The maximum atomic E-state index is 5.69. The molecule has 1 rings (SSSR count). The van der Waals surface area contributed by atoms with Crippen LogP contribution in [0, 0.1) is 0 Å². The van der Waals surface area contributed by atoms with Crippen molar-refractivity contribution in [3.63, 3.8) is 0 Å². The smallest absolute Gasteiger partial charge is 0.0765 e. The van der Waals surface area contributed by atoms with Gasteiger partial charge >= 0.3 is 0 Å². The van der Waals surface area contributed by atoms with Crippen LogP contribution in [-0.4, -0.2) is 0 Å². The zero-order chi connectivity index (χ0) is 9.14. The summed E-state index contributed by atoms with van der Waals surface area (Å²) < 4.78 is 1.54. The Hall–Kier alpha value is -0.330. The second kappa shape index (κ2) is 4.06. The Morgan fingerprint density at radius 2 is 1.83 bits per heavy atom. The summed E-state index contributed by atoms with van der Waals surface area (Å²) in [6.07, 6.45) is 0. The number of nitrogens with zero attached hydrogens (tertiary/aromatic N) is 1. The summed E-state index contributed by atoms with van der Waals surface area (Å²) in [7, 11) is 0. The third-order valence-electron chi connectivity index (χ3n) is 1.67. The highest BCUT2D eigenvalue weighted by Gasteiger charge is 2.00. The lowest BCUT2D eigenvalue weighted by atomic mass is 10.1. The lowest BCUT2D eigenvalue weighted by Gasteiger charge is -2.10. The predicted molar refractivity (Wildman–Crippen MR) is 59.7 cm³/mol. The van der Waals surface area contributed by atoms with Crippen LogP contribution in [0.3, 0.4) is 0 Å². The van der Waals surface area contributed by atoms with E-state index in [1.165, 1.54) is 0 Å². The molecule has 4 heteroatoms. The Bertz CT molecular complexity index is 216. The summed E-state index contributed by atoms with van der Waals surface area (Å²) in [5.41, 5.74) is 7.79. The number of halogens is 1. The van der Waals surface area contributed by atoms with Crippen LogP contribution in [-0.2, 0) is 0 Å². The zero-order valence-electron chi connectivity index (χ0n) is 6.87. The van der Waals surface area contributed by atoms with Gasteiger partial charge in [0.25, 0.3) is 0 Å². The molecule has 1 unspecified atom stereocenters. The van der Waals surface area contributed by atoms with Crippen molar-refractivity contribution in [1.82, 2.24) is 0 Å². The van der Waals surface area contributed by atoms with E-state index >= 15 is 0 Å². The van der Waals surface area contributed by atoms with Gasteiger partial charge < -0.3 is 5.73 Å². The molecule has 0 spiro atoms. The number of hydrazine groups is 1. The fourth-order valence-electron chi connectivity index (χ4n) is 0.920. The molecule has 4 N–H and O–H groups in total. The van der Waals surface area contributed by atoms with Gasteiger partial charge in [0, 0.05) is 6.04 Å². The highest BCUT2D eigenvalue weighted by molar-refractivity contribution is 14.1. The second-order valence-corrected chi connectivity index (χ2v) is 3.73. The summed E-state index contributed by atoms with van der Waals surface area (Å²) in [5.74, 6) is 5.53. The number of nitrogens with two attached hydrogens (primary N) is 2. The van der Waals surface area contributed by atoms with Crippen molar-refractivity contribution in [2.45, 2.75) is 13.0 Å². The molecule has 0 aliphatic carbocycles. The molecular weight excluding hydrogens is 265 g/mol. The van der Waals surface area contributed by atoms with E-state index in [-0.39, 0.29) is 6.04 Å². The molecule has 3 nitrogen and oxygen atoms in total. The number of hydrogen-bond donors (Lipinski definition) is 2. The molecule has 0 amide bonds. The molecule has 0 aliphatic rings. The Balaban J connectivity index is 2.86. The van der Waals surface area contributed by atoms with Crippen molar-refractivity contribution in [3.8, 4) is 0 Å². The van der Waals surface area contributed by atoms with E-state index in [2.05, 4.69) is 0 Å². The van der Waals surface area contributed by atoms with E-state index in [4.69, 9.17) is 11.6 Å². The fraction of sp³-hybridized carbons (Fsp3) is 0.250. The summed E-state index contributed by atoms with van der Waals surface area (Å²) >= 11 is 2.02. The molecule has 0 aromatic heterocycles. The van der Waals surface area contributed by atoms with Gasteiger partial charge in [-0.3, -0.25) is 3.22 Å². The maximum absolute atomic E-state index is 5.69. The number of hydrogen-bond acceptors (Lipinski definition) is 3. The van der Waals surface area contributed by atoms with Crippen LogP contribution < -0.4 is 14.8 Å². The van der Waals surface area contributed by atoms with E-state index in [1.807, 2.05) is 54.1 Å². The highest BCUT2D eigenvalue weighted by atomic mass is 127. The second-order valence-electron chi connectivity index (χ2n) is 2.69. The van der Waals surface area contributed by atoms with E-state index in [1.54, 1.807) is 3.22 Å². The third-order valence-corrected chi connectivity index (χ3v) is 2.22. The maximum Gasteiger partial charge on any atom is 0.0765 e. The lowest BCUT2D eigenvalue weighted by molar-refractivity contribution is 0.818. The largest absolute Gasteiger partial charge is 0.324 e. The van der Waals surface area contributed by atoms with Crippen LogP contribution in [0.5, 0.6) is 0 Å². The van der Waals surface area contributed by atoms with E-state index in [9.17, 15) is 0 Å². The summed E-state index contributed by atoms with van der Waals surface area (Å²) in [4.78, 5) is 0. The van der Waals surface area contributed by atoms with Gasteiger partial charge in [-0.25, -0.2) is 5.84 Å². The van der Waals surface area contributed by atoms with Crippen molar-refractivity contribution in [2.75, 3.05) is 3.22 Å². The first-order valence-corrected chi connectivity index (χ1v) is 4.64. The van der Waals surface area contributed by atoms with Gasteiger partial charge in [-0.1, -0.05) is 12.1 Å². The van der Waals surface area contributed by atoms with Gasteiger partial charge in [0.2, 0.25) is 0 Å². The SMILES string of the molecule is CC(N)c1ccc(N(N)I)cc1. The average molecular weight is 277 g/mol. The van der Waals surface area contributed by atoms with Gasteiger partial charge in [0.05, 0.1) is 28.6 Å². The molecule has 0 bridgehead atoms. The summed E-state index contributed by atoms with van der Waals surface area (Å²) in [6.45, 7) is 1.96. The molecule has 0 saturated carbocycles. The minimum Gasteiger partial charge on any atom is -0.324 e. The van der Waals surface area contributed by atoms with Crippen LogP contribution in [0.15, 0.2) is 24.3 Å². The molecule has 66 valence electrons. The van der Waals surface area contributed by atoms with Crippen LogP contribution in [0.1, 0.15) is 18.5 Å². The van der Waals surface area contributed by atoms with Gasteiger partial charge in [-0.05, 0) is 24.6 Å². The van der Waals surface area contributed by atoms with Crippen molar-refractivity contribution < 1.29 is 0 Å². The van der Waals surface area contributed by atoms with E-state index in [0.29, 0.717) is 0 Å². The van der Waals surface area contributed by atoms with Crippen molar-refractivity contribution >= 4 is 28.6 Å². The van der Waals surface area contributed by atoms with Crippen molar-refractivity contribution in [3.05, 3.63) is 29.8 Å². The normalized spacial score (nSPS) is 12.7. The molecule has 1 aromatic rings. The molecule has 12 heavy (non-hydrogen) atoms. The molecule has 0 heterocycles. The van der Waals surface area contributed by atoms with Gasteiger partial charge in [-0.15, -0.1) is 0 Å². The fourth-order valence-corrected chi connectivity index (χ4v) is 1.24. The first-order valence-electron chi connectivity index (χ1n) is 3.67. The van der Waals surface area contributed by atoms with Gasteiger partial charge in [0.1, 0.15) is 0 Å². The standard InChI is InChI=1S/C8H12IN3/c1-6(10)7-2-4-8(5-3-7)12(9)11/h2-6H,10-11H2,1H3. The average Bonchev–Trinajstić information content (AvgIpc) is 2.04. The number of rotatable bonds is 2. The highest BCUT2D eigenvalue weighted by Crippen LogP contribution is 2.17. The molecule has 0 saturated heterocycles. The zero-order valence-corrected chi connectivity index (χ0v) is 9.02. The summed E-state index contributed by atoms with van der Waals surface area (Å²) in [6, 6.07) is 7.95. The molecule has 1 aromatic carbocycles.